The Hall–Kier alpha value is 1.36. The summed E-state index contributed by atoms with van der Waals surface area (Å²) in [6.07, 6.45) is 1.95. The normalized spacial score (nSPS) is 12.5. The van der Waals surface area contributed by atoms with Crippen LogP contribution in [-0.4, -0.2) is 18.6 Å². The topological polar surface area (TPSA) is 40.5 Å². The Morgan fingerprint density at radius 3 is 2.00 bits per heavy atom. The van der Waals surface area contributed by atoms with Crippen LogP contribution in [0.3, 0.4) is 0 Å². The molecule has 2 N–H and O–H groups in total. The van der Waals surface area contributed by atoms with Gasteiger partial charge in [-0.05, 0) is 19.3 Å². The molecule has 0 amide bonds. The Labute approximate surface area is 91.8 Å². The highest BCUT2D eigenvalue weighted by Crippen LogP contribution is 2.38. The van der Waals surface area contributed by atoms with Gasteiger partial charge in [0, 0.05) is 0 Å². The molecule has 0 aliphatic carbocycles. The fourth-order valence-electron chi connectivity index (χ4n) is 0.652. The van der Waals surface area contributed by atoms with Gasteiger partial charge in [0.2, 0.25) is 0 Å². The van der Waals surface area contributed by atoms with E-state index in [0.717, 1.165) is 19.3 Å². The number of aliphatic hydroxyl groups is 2. The van der Waals surface area contributed by atoms with Crippen LogP contribution in [0, 0.1) is 0 Å². The molecule has 0 fully saturated rings. The molecule has 0 bridgehead atoms. The van der Waals surface area contributed by atoms with Crippen molar-refractivity contribution in [1.82, 2.24) is 0 Å². The molecule has 0 aromatic rings. The van der Waals surface area contributed by atoms with Crippen LogP contribution in [0.25, 0.3) is 0 Å². The van der Waals surface area contributed by atoms with Crippen molar-refractivity contribution in [1.29, 1.82) is 0 Å². The van der Waals surface area contributed by atoms with Crippen LogP contribution >= 0.6 is 47.8 Å². The average molecular weight is 355 g/mol. The second kappa shape index (κ2) is 5.91. The summed E-state index contributed by atoms with van der Waals surface area (Å²) in [6.45, 7) is 0. The lowest BCUT2D eigenvalue weighted by Gasteiger charge is -2.11. The lowest BCUT2D eigenvalue weighted by Crippen LogP contribution is -2.04. The van der Waals surface area contributed by atoms with Gasteiger partial charge < -0.3 is 10.2 Å². The van der Waals surface area contributed by atoms with Gasteiger partial charge in [-0.3, -0.25) is 0 Å². The highest BCUT2D eigenvalue weighted by Gasteiger charge is 2.16. The van der Waals surface area contributed by atoms with Crippen molar-refractivity contribution in [3.63, 3.8) is 0 Å². The predicted molar refractivity (Wildman–Crippen MR) is 56.2 cm³/mol. The third-order valence-corrected chi connectivity index (χ3v) is 2.36. The summed E-state index contributed by atoms with van der Waals surface area (Å²) >= 11 is 10.1. The van der Waals surface area contributed by atoms with Crippen LogP contribution in [0.1, 0.15) is 25.7 Å². The maximum atomic E-state index is 8.50. The van der Waals surface area contributed by atoms with E-state index in [2.05, 4.69) is 47.8 Å². The van der Waals surface area contributed by atoms with E-state index in [-0.39, 0.29) is 2.14 Å². The first kappa shape index (κ1) is 12.4. The van der Waals surface area contributed by atoms with E-state index in [1.54, 1.807) is 0 Å². The summed E-state index contributed by atoms with van der Waals surface area (Å²) in [4.78, 5) is 0. The molecule has 0 aliphatic rings. The molecule has 68 valence electrons. The van der Waals surface area contributed by atoms with E-state index >= 15 is 0 Å². The quantitative estimate of drug-likeness (QED) is 0.463. The first-order valence-electron chi connectivity index (χ1n) is 3.35. The Bertz CT molecular complexity index is 100. The SMILES string of the molecule is OC(O)CCCCC(Br)(Br)Br. The predicted octanol–water partition coefficient (Wildman–Crippen LogP) is 2.70. The summed E-state index contributed by atoms with van der Waals surface area (Å²) in [7, 11) is 0. The van der Waals surface area contributed by atoms with Gasteiger partial charge in [0.1, 0.15) is 2.14 Å². The van der Waals surface area contributed by atoms with Gasteiger partial charge >= 0.3 is 0 Å². The second-order valence-electron chi connectivity index (χ2n) is 2.34. The van der Waals surface area contributed by atoms with Gasteiger partial charge in [0.15, 0.2) is 6.29 Å². The van der Waals surface area contributed by atoms with Crippen molar-refractivity contribution < 1.29 is 10.2 Å². The zero-order chi connectivity index (χ0) is 8.91. The van der Waals surface area contributed by atoms with Crippen molar-refractivity contribution in [2.75, 3.05) is 0 Å². The highest BCUT2D eigenvalue weighted by molar-refractivity contribution is 9.39. The van der Waals surface area contributed by atoms with E-state index in [9.17, 15) is 0 Å². The first-order valence-corrected chi connectivity index (χ1v) is 5.72. The number of aliphatic hydroxyl groups excluding tert-OH is 1. The van der Waals surface area contributed by atoms with Crippen LogP contribution in [-0.2, 0) is 0 Å². The molecule has 0 spiro atoms. The van der Waals surface area contributed by atoms with Crippen molar-refractivity contribution >= 4 is 47.8 Å². The molecular formula is C6H11Br3O2. The maximum absolute atomic E-state index is 8.50. The van der Waals surface area contributed by atoms with Crippen LogP contribution < -0.4 is 0 Å². The summed E-state index contributed by atoms with van der Waals surface area (Å²) in [5, 5.41) is 17.0. The van der Waals surface area contributed by atoms with E-state index in [4.69, 9.17) is 10.2 Å². The van der Waals surface area contributed by atoms with Gasteiger partial charge in [-0.2, -0.15) is 0 Å². The molecule has 5 heteroatoms. The minimum Gasteiger partial charge on any atom is -0.368 e. The molecule has 2 nitrogen and oxygen atoms in total. The largest absolute Gasteiger partial charge is 0.368 e. The average Bonchev–Trinajstić information content (AvgIpc) is 1.78. The molecule has 11 heavy (non-hydrogen) atoms. The van der Waals surface area contributed by atoms with Crippen LogP contribution in [0.4, 0.5) is 0 Å². The molecule has 0 aromatic carbocycles. The molecular weight excluding hydrogens is 344 g/mol. The third-order valence-electron chi connectivity index (χ3n) is 1.17. The summed E-state index contributed by atoms with van der Waals surface area (Å²) in [5.41, 5.74) is 0. The number of halogens is 3. The Kier molecular flexibility index (Phi) is 6.64. The van der Waals surface area contributed by atoms with Crippen LogP contribution in [0.2, 0.25) is 0 Å². The van der Waals surface area contributed by atoms with E-state index < -0.39 is 6.29 Å². The summed E-state index contributed by atoms with van der Waals surface area (Å²) in [6, 6.07) is 0. The molecule has 0 aromatic heterocycles. The number of alkyl halides is 3. The molecule has 0 atom stereocenters. The Balaban J connectivity index is 3.15. The lowest BCUT2D eigenvalue weighted by atomic mass is 10.2. The zero-order valence-electron chi connectivity index (χ0n) is 5.93. The number of rotatable bonds is 4. The first-order chi connectivity index (χ1) is 4.92. The van der Waals surface area contributed by atoms with E-state index in [1.165, 1.54) is 0 Å². The number of hydrogen-bond donors (Lipinski definition) is 2. The summed E-state index contributed by atoms with van der Waals surface area (Å²) in [5.74, 6) is 0. The van der Waals surface area contributed by atoms with E-state index in [1.807, 2.05) is 0 Å². The number of hydrogen-bond acceptors (Lipinski definition) is 2. The van der Waals surface area contributed by atoms with Crippen molar-refractivity contribution in [3.8, 4) is 0 Å². The molecule has 0 aliphatic heterocycles. The molecule has 0 saturated carbocycles. The maximum Gasteiger partial charge on any atom is 0.151 e. The lowest BCUT2D eigenvalue weighted by molar-refractivity contribution is -0.0465. The molecule has 0 heterocycles. The third kappa shape index (κ3) is 11.4. The fraction of sp³-hybridized carbons (Fsp3) is 1.00. The van der Waals surface area contributed by atoms with Crippen LogP contribution in [0.15, 0.2) is 0 Å². The fourth-order valence-corrected chi connectivity index (χ4v) is 1.49. The number of unbranched alkanes of at least 4 members (excludes halogenated alkanes) is 1. The van der Waals surface area contributed by atoms with Crippen molar-refractivity contribution in [2.24, 2.45) is 0 Å². The van der Waals surface area contributed by atoms with Gasteiger partial charge in [-0.15, -0.1) is 0 Å². The molecule has 0 radical (unpaired) electrons. The molecule has 0 unspecified atom stereocenters. The molecule has 0 saturated heterocycles. The standard InChI is InChI=1S/C6H11Br3O2/c7-6(8,9)4-2-1-3-5(10)11/h5,10-11H,1-4H2. The van der Waals surface area contributed by atoms with Crippen molar-refractivity contribution in [2.45, 2.75) is 34.1 Å². The molecule has 0 rings (SSSR count). The minimum atomic E-state index is -1.16. The zero-order valence-corrected chi connectivity index (χ0v) is 10.7. The Morgan fingerprint density at radius 2 is 1.64 bits per heavy atom. The van der Waals surface area contributed by atoms with Crippen molar-refractivity contribution in [3.05, 3.63) is 0 Å². The minimum absolute atomic E-state index is 0.187. The van der Waals surface area contributed by atoms with Gasteiger partial charge in [0.25, 0.3) is 0 Å². The second-order valence-corrected chi connectivity index (χ2v) is 9.60. The Morgan fingerprint density at radius 1 is 1.09 bits per heavy atom. The summed E-state index contributed by atoms with van der Waals surface area (Å²) < 4.78 is -0.187. The van der Waals surface area contributed by atoms with Gasteiger partial charge in [0.05, 0.1) is 0 Å². The van der Waals surface area contributed by atoms with Gasteiger partial charge in [-0.1, -0.05) is 54.2 Å². The van der Waals surface area contributed by atoms with Crippen LogP contribution in [0.5, 0.6) is 0 Å². The smallest absolute Gasteiger partial charge is 0.151 e. The highest BCUT2D eigenvalue weighted by atomic mass is 80.0. The van der Waals surface area contributed by atoms with E-state index in [0.29, 0.717) is 6.42 Å². The van der Waals surface area contributed by atoms with Gasteiger partial charge in [-0.25, -0.2) is 0 Å². The monoisotopic (exact) mass is 352 g/mol.